The fourth-order valence-corrected chi connectivity index (χ4v) is 3.20. The fourth-order valence-electron chi connectivity index (χ4n) is 3.20. The molecule has 108 valence electrons. The van der Waals surface area contributed by atoms with Crippen molar-refractivity contribution in [3.05, 3.63) is 12.2 Å². The Labute approximate surface area is 117 Å². The maximum atomic E-state index is 12.0. The molecule has 1 fully saturated rings. The van der Waals surface area contributed by atoms with Crippen LogP contribution in [0.1, 0.15) is 39.5 Å². The highest BCUT2D eigenvalue weighted by molar-refractivity contribution is 5.76. The number of rotatable bonds is 4. The van der Waals surface area contributed by atoms with Gasteiger partial charge in [-0.25, -0.2) is 0 Å². The van der Waals surface area contributed by atoms with Gasteiger partial charge in [0.2, 0.25) is 5.91 Å². The minimum atomic E-state index is 0.356. The zero-order chi connectivity index (χ0) is 13.7. The molecule has 0 aromatic rings. The summed E-state index contributed by atoms with van der Waals surface area (Å²) < 4.78 is 0. The minimum Gasteiger partial charge on any atom is -0.332 e. The van der Waals surface area contributed by atoms with Gasteiger partial charge in [-0.05, 0) is 25.2 Å². The second-order valence-electron chi connectivity index (χ2n) is 6.58. The first-order chi connectivity index (χ1) is 9.15. The van der Waals surface area contributed by atoms with E-state index in [1.807, 2.05) is 0 Å². The molecule has 1 unspecified atom stereocenters. The Morgan fingerprint density at radius 2 is 2.05 bits per heavy atom. The number of amides is 1. The van der Waals surface area contributed by atoms with E-state index in [9.17, 15) is 4.79 Å². The number of quaternary nitrogens is 1. The lowest BCUT2D eigenvalue weighted by Gasteiger charge is -2.34. The Kier molecular flexibility index (Phi) is 5.44. The number of hydrogen-bond donors (Lipinski definition) is 1. The zero-order valence-corrected chi connectivity index (χ0v) is 12.5. The summed E-state index contributed by atoms with van der Waals surface area (Å²) in [5, 5.41) is 0. The summed E-state index contributed by atoms with van der Waals surface area (Å²) in [5.41, 5.74) is 0. The molecule has 1 N–H and O–H groups in total. The van der Waals surface area contributed by atoms with Crippen LogP contribution in [0, 0.1) is 11.8 Å². The monoisotopic (exact) mass is 265 g/mol. The standard InChI is InChI=1S/C16H28N2O/c1-14(2)12-16(19)18-10-8-17(9-11-18)13-15-6-4-3-5-7-15/h3-4,14-15H,5-13H2,1-2H3/p+1. The van der Waals surface area contributed by atoms with Gasteiger partial charge in [-0.1, -0.05) is 26.0 Å². The molecule has 2 rings (SSSR count). The summed E-state index contributed by atoms with van der Waals surface area (Å²) in [6, 6.07) is 0. The van der Waals surface area contributed by atoms with Crippen LogP contribution in [0.3, 0.4) is 0 Å². The third kappa shape index (κ3) is 4.64. The largest absolute Gasteiger partial charge is 0.332 e. The Bertz CT molecular complexity index is 317. The maximum Gasteiger partial charge on any atom is 0.223 e. The van der Waals surface area contributed by atoms with E-state index in [1.54, 1.807) is 4.90 Å². The van der Waals surface area contributed by atoms with Gasteiger partial charge in [0.05, 0.1) is 32.7 Å². The van der Waals surface area contributed by atoms with Gasteiger partial charge in [-0.15, -0.1) is 0 Å². The normalized spacial score (nSPS) is 25.0. The van der Waals surface area contributed by atoms with Crippen molar-refractivity contribution in [1.82, 2.24) is 4.90 Å². The topological polar surface area (TPSA) is 24.8 Å². The predicted molar refractivity (Wildman–Crippen MR) is 78.1 cm³/mol. The Hall–Kier alpha value is -0.830. The fraction of sp³-hybridized carbons (Fsp3) is 0.812. The third-order valence-corrected chi connectivity index (χ3v) is 4.36. The molecule has 0 radical (unpaired) electrons. The van der Waals surface area contributed by atoms with Gasteiger partial charge in [0, 0.05) is 12.3 Å². The van der Waals surface area contributed by atoms with Gasteiger partial charge >= 0.3 is 0 Å². The van der Waals surface area contributed by atoms with E-state index in [-0.39, 0.29) is 0 Å². The molecule has 0 aromatic carbocycles. The van der Waals surface area contributed by atoms with Crippen LogP contribution in [0.25, 0.3) is 0 Å². The summed E-state index contributed by atoms with van der Waals surface area (Å²) >= 11 is 0. The van der Waals surface area contributed by atoms with Gasteiger partial charge in [-0.2, -0.15) is 0 Å². The molecule has 1 heterocycles. The molecule has 1 aliphatic carbocycles. The number of carbonyl (C=O) groups is 1. The van der Waals surface area contributed by atoms with Gasteiger partial charge in [0.1, 0.15) is 0 Å². The van der Waals surface area contributed by atoms with E-state index >= 15 is 0 Å². The molecule has 2 aliphatic rings. The second-order valence-corrected chi connectivity index (χ2v) is 6.58. The minimum absolute atomic E-state index is 0.356. The molecule has 0 bridgehead atoms. The summed E-state index contributed by atoms with van der Waals surface area (Å²) in [6.07, 6.45) is 9.25. The first kappa shape index (κ1) is 14.6. The Morgan fingerprint density at radius 1 is 1.32 bits per heavy atom. The molecule has 0 aromatic heterocycles. The van der Waals surface area contributed by atoms with E-state index in [4.69, 9.17) is 0 Å². The van der Waals surface area contributed by atoms with Crippen molar-refractivity contribution < 1.29 is 9.69 Å². The molecule has 1 atom stereocenters. The molecule has 19 heavy (non-hydrogen) atoms. The smallest absolute Gasteiger partial charge is 0.223 e. The van der Waals surface area contributed by atoms with E-state index in [1.165, 1.54) is 25.8 Å². The number of carbonyl (C=O) groups excluding carboxylic acids is 1. The second kappa shape index (κ2) is 7.09. The first-order valence-electron chi connectivity index (χ1n) is 7.91. The van der Waals surface area contributed by atoms with Crippen molar-refractivity contribution >= 4 is 5.91 Å². The molecule has 0 saturated carbocycles. The van der Waals surface area contributed by atoms with Crippen molar-refractivity contribution in [2.45, 2.75) is 39.5 Å². The molecular weight excluding hydrogens is 236 g/mol. The zero-order valence-electron chi connectivity index (χ0n) is 12.5. The third-order valence-electron chi connectivity index (χ3n) is 4.36. The van der Waals surface area contributed by atoms with Gasteiger partial charge in [0.15, 0.2) is 0 Å². The summed E-state index contributed by atoms with van der Waals surface area (Å²) in [4.78, 5) is 15.8. The lowest BCUT2D eigenvalue weighted by molar-refractivity contribution is -0.907. The molecule has 3 nitrogen and oxygen atoms in total. The van der Waals surface area contributed by atoms with Crippen LogP contribution in [0.15, 0.2) is 12.2 Å². The van der Waals surface area contributed by atoms with E-state index in [2.05, 4.69) is 30.9 Å². The van der Waals surface area contributed by atoms with Crippen molar-refractivity contribution in [2.24, 2.45) is 11.8 Å². The number of hydrogen-bond acceptors (Lipinski definition) is 1. The molecule has 0 spiro atoms. The highest BCUT2D eigenvalue weighted by Gasteiger charge is 2.25. The van der Waals surface area contributed by atoms with Crippen LogP contribution in [-0.4, -0.2) is 43.5 Å². The van der Waals surface area contributed by atoms with Crippen LogP contribution < -0.4 is 4.90 Å². The van der Waals surface area contributed by atoms with Crippen LogP contribution in [0.4, 0.5) is 0 Å². The van der Waals surface area contributed by atoms with E-state index < -0.39 is 0 Å². The van der Waals surface area contributed by atoms with Gasteiger partial charge < -0.3 is 9.80 Å². The van der Waals surface area contributed by atoms with Crippen molar-refractivity contribution in [1.29, 1.82) is 0 Å². The highest BCUT2D eigenvalue weighted by Crippen LogP contribution is 2.16. The molecule has 1 aliphatic heterocycles. The van der Waals surface area contributed by atoms with Gasteiger partial charge in [-0.3, -0.25) is 4.79 Å². The maximum absolute atomic E-state index is 12.0. The van der Waals surface area contributed by atoms with Crippen LogP contribution >= 0.6 is 0 Å². The SMILES string of the molecule is CC(C)CC(=O)N1CC[NH+](CC2CC=CCC2)CC1. The summed E-state index contributed by atoms with van der Waals surface area (Å²) in [7, 11) is 0. The quantitative estimate of drug-likeness (QED) is 0.757. The average molecular weight is 265 g/mol. The van der Waals surface area contributed by atoms with E-state index in [0.29, 0.717) is 18.2 Å². The van der Waals surface area contributed by atoms with Crippen LogP contribution in [0.2, 0.25) is 0 Å². The number of nitrogens with one attached hydrogen (secondary N) is 1. The Balaban J connectivity index is 1.70. The Morgan fingerprint density at radius 3 is 2.63 bits per heavy atom. The first-order valence-corrected chi connectivity index (χ1v) is 7.91. The molecule has 1 amide bonds. The predicted octanol–water partition coefficient (Wildman–Crippen LogP) is 1.12. The average Bonchev–Trinajstić information content (AvgIpc) is 2.40. The van der Waals surface area contributed by atoms with Crippen LogP contribution in [-0.2, 0) is 4.79 Å². The lowest BCUT2D eigenvalue weighted by Crippen LogP contribution is -3.15. The number of nitrogens with zero attached hydrogens (tertiary/aromatic N) is 1. The highest BCUT2D eigenvalue weighted by atomic mass is 16.2. The molecule has 1 saturated heterocycles. The summed E-state index contributed by atoms with van der Waals surface area (Å²) in [5.74, 6) is 1.71. The van der Waals surface area contributed by atoms with Crippen molar-refractivity contribution in [3.8, 4) is 0 Å². The summed E-state index contributed by atoms with van der Waals surface area (Å²) in [6.45, 7) is 9.75. The van der Waals surface area contributed by atoms with Crippen molar-refractivity contribution in [3.63, 3.8) is 0 Å². The number of piperazine rings is 1. The lowest BCUT2D eigenvalue weighted by atomic mass is 9.94. The van der Waals surface area contributed by atoms with E-state index in [0.717, 1.165) is 32.1 Å². The molecule has 3 heteroatoms. The molecular formula is C16H29N2O+. The van der Waals surface area contributed by atoms with Gasteiger partial charge in [0.25, 0.3) is 0 Å². The van der Waals surface area contributed by atoms with Crippen LogP contribution in [0.5, 0.6) is 0 Å². The van der Waals surface area contributed by atoms with Crippen molar-refractivity contribution in [2.75, 3.05) is 32.7 Å². The number of allylic oxidation sites excluding steroid dienone is 2.